The summed E-state index contributed by atoms with van der Waals surface area (Å²) < 4.78 is 24.2. The van der Waals surface area contributed by atoms with Gasteiger partial charge in [-0.15, -0.1) is 0 Å². The molecule has 1 aliphatic rings. The number of benzene rings is 1. The normalized spacial score (nSPS) is 16.9. The summed E-state index contributed by atoms with van der Waals surface area (Å²) in [7, 11) is 0. The average Bonchev–Trinajstić information content (AvgIpc) is 2.59. The first-order valence-electron chi connectivity index (χ1n) is 10.1. The van der Waals surface area contributed by atoms with Gasteiger partial charge < -0.3 is 19.7 Å². The van der Waals surface area contributed by atoms with Gasteiger partial charge in [-0.25, -0.2) is 9.18 Å². The second-order valence-corrected chi connectivity index (χ2v) is 9.54. The summed E-state index contributed by atoms with van der Waals surface area (Å²) in [6, 6.07) is 5.25. The van der Waals surface area contributed by atoms with E-state index < -0.39 is 23.2 Å². The van der Waals surface area contributed by atoms with E-state index in [9.17, 15) is 14.0 Å². The van der Waals surface area contributed by atoms with Gasteiger partial charge in [0.15, 0.2) is 0 Å². The largest absolute Gasteiger partial charge is 0.490 e. The monoisotopic (exact) mass is 408 g/mol. The number of likely N-dealkylation sites (tertiary alicyclic amines) is 1. The van der Waals surface area contributed by atoms with E-state index in [1.165, 1.54) is 12.1 Å². The zero-order valence-electron chi connectivity index (χ0n) is 18.3. The SMILES string of the molecule is CC(C)(C)OC(=O)N[C@H](C(=O)N1CCC(Oc2ccc(F)cc2)CC1)C(C)(C)C. The molecule has 1 N–H and O–H groups in total. The molecule has 0 saturated carbocycles. The van der Waals surface area contributed by atoms with E-state index in [-0.39, 0.29) is 17.8 Å². The highest BCUT2D eigenvalue weighted by atomic mass is 19.1. The van der Waals surface area contributed by atoms with E-state index in [0.717, 1.165) is 0 Å². The molecule has 0 bridgehead atoms. The molecule has 0 spiro atoms. The molecule has 0 aliphatic carbocycles. The van der Waals surface area contributed by atoms with Crippen molar-refractivity contribution in [3.63, 3.8) is 0 Å². The van der Waals surface area contributed by atoms with Crippen LogP contribution in [0.1, 0.15) is 54.4 Å². The van der Waals surface area contributed by atoms with Gasteiger partial charge in [0.2, 0.25) is 5.91 Å². The second-order valence-electron chi connectivity index (χ2n) is 9.54. The first kappa shape index (κ1) is 23.0. The smallest absolute Gasteiger partial charge is 0.408 e. The van der Waals surface area contributed by atoms with Gasteiger partial charge in [0.05, 0.1) is 0 Å². The molecule has 0 aromatic heterocycles. The topological polar surface area (TPSA) is 67.9 Å². The number of halogens is 1. The quantitative estimate of drug-likeness (QED) is 0.813. The Hall–Kier alpha value is -2.31. The van der Waals surface area contributed by atoms with Gasteiger partial charge in [-0.3, -0.25) is 4.79 Å². The van der Waals surface area contributed by atoms with Crippen LogP contribution in [-0.2, 0) is 9.53 Å². The number of rotatable bonds is 4. The molecule has 2 rings (SSSR count). The minimum Gasteiger partial charge on any atom is -0.490 e. The van der Waals surface area contributed by atoms with Crippen LogP contribution >= 0.6 is 0 Å². The molecule has 0 unspecified atom stereocenters. The first-order valence-corrected chi connectivity index (χ1v) is 10.1. The molecule has 162 valence electrons. The molecular weight excluding hydrogens is 375 g/mol. The molecule has 1 fully saturated rings. The minimum absolute atomic E-state index is 0.0311. The van der Waals surface area contributed by atoms with E-state index in [4.69, 9.17) is 9.47 Å². The van der Waals surface area contributed by atoms with Crippen molar-refractivity contribution in [2.24, 2.45) is 5.41 Å². The number of piperidine rings is 1. The van der Waals surface area contributed by atoms with E-state index in [1.54, 1.807) is 37.8 Å². The Kier molecular flexibility index (Phi) is 7.14. The van der Waals surface area contributed by atoms with Crippen molar-refractivity contribution in [3.8, 4) is 5.75 Å². The fraction of sp³-hybridized carbons (Fsp3) is 0.636. The van der Waals surface area contributed by atoms with Crippen LogP contribution in [0.2, 0.25) is 0 Å². The Labute approximate surface area is 172 Å². The summed E-state index contributed by atoms with van der Waals surface area (Å²) in [6.45, 7) is 12.2. The molecule has 1 aromatic carbocycles. The van der Waals surface area contributed by atoms with Crippen molar-refractivity contribution >= 4 is 12.0 Å². The summed E-state index contributed by atoms with van der Waals surface area (Å²) in [6.07, 6.45) is 0.718. The number of hydrogen-bond donors (Lipinski definition) is 1. The maximum atomic E-state index is 13.1. The number of carbonyl (C=O) groups is 2. The van der Waals surface area contributed by atoms with Crippen LogP contribution in [0.15, 0.2) is 24.3 Å². The number of nitrogens with one attached hydrogen (secondary N) is 1. The highest BCUT2D eigenvalue weighted by Gasteiger charge is 2.38. The Morgan fingerprint density at radius 3 is 2.10 bits per heavy atom. The number of hydrogen-bond acceptors (Lipinski definition) is 4. The summed E-state index contributed by atoms with van der Waals surface area (Å²) in [4.78, 5) is 27.1. The summed E-state index contributed by atoms with van der Waals surface area (Å²) >= 11 is 0. The van der Waals surface area contributed by atoms with Gasteiger partial charge >= 0.3 is 6.09 Å². The highest BCUT2D eigenvalue weighted by Crippen LogP contribution is 2.25. The van der Waals surface area contributed by atoms with E-state index in [2.05, 4.69) is 5.32 Å². The minimum atomic E-state index is -0.688. The van der Waals surface area contributed by atoms with Gasteiger partial charge in [-0.1, -0.05) is 20.8 Å². The predicted molar refractivity (Wildman–Crippen MR) is 109 cm³/mol. The maximum absolute atomic E-state index is 13.1. The zero-order chi connectivity index (χ0) is 21.8. The number of ether oxygens (including phenoxy) is 2. The third-order valence-corrected chi connectivity index (χ3v) is 4.64. The summed E-state index contributed by atoms with van der Waals surface area (Å²) in [5, 5.41) is 2.75. The van der Waals surface area contributed by atoms with Gasteiger partial charge in [-0.05, 0) is 50.5 Å². The average molecular weight is 409 g/mol. The molecule has 1 atom stereocenters. The lowest BCUT2D eigenvalue weighted by molar-refractivity contribution is -0.138. The lowest BCUT2D eigenvalue weighted by atomic mass is 9.85. The first-order chi connectivity index (χ1) is 13.3. The van der Waals surface area contributed by atoms with Gasteiger partial charge in [0, 0.05) is 25.9 Å². The van der Waals surface area contributed by atoms with Crippen molar-refractivity contribution in [1.29, 1.82) is 0 Å². The van der Waals surface area contributed by atoms with Crippen LogP contribution in [0, 0.1) is 11.2 Å². The van der Waals surface area contributed by atoms with Crippen LogP contribution in [0.5, 0.6) is 5.75 Å². The molecule has 1 aromatic rings. The molecule has 1 aliphatic heterocycles. The molecule has 0 radical (unpaired) electrons. The highest BCUT2D eigenvalue weighted by molar-refractivity contribution is 5.86. The molecule has 6 nitrogen and oxygen atoms in total. The Bertz CT molecular complexity index is 699. The molecule has 2 amide bonds. The van der Waals surface area contributed by atoms with E-state index in [0.29, 0.717) is 31.7 Å². The van der Waals surface area contributed by atoms with Crippen LogP contribution in [-0.4, -0.2) is 47.7 Å². The third kappa shape index (κ3) is 7.22. The second kappa shape index (κ2) is 9.01. The molecule has 7 heteroatoms. The van der Waals surface area contributed by atoms with Crippen molar-refractivity contribution in [1.82, 2.24) is 10.2 Å². The van der Waals surface area contributed by atoms with Gasteiger partial charge in [0.25, 0.3) is 0 Å². The van der Waals surface area contributed by atoms with Crippen LogP contribution in [0.3, 0.4) is 0 Å². The van der Waals surface area contributed by atoms with Gasteiger partial charge in [0.1, 0.15) is 29.3 Å². The van der Waals surface area contributed by atoms with Crippen molar-refractivity contribution in [3.05, 3.63) is 30.1 Å². The number of amides is 2. The van der Waals surface area contributed by atoms with Crippen molar-refractivity contribution in [2.45, 2.75) is 72.1 Å². The van der Waals surface area contributed by atoms with E-state index >= 15 is 0 Å². The lowest BCUT2D eigenvalue weighted by Crippen LogP contribution is -2.57. The Morgan fingerprint density at radius 2 is 1.62 bits per heavy atom. The maximum Gasteiger partial charge on any atom is 0.408 e. The van der Waals surface area contributed by atoms with Crippen molar-refractivity contribution in [2.75, 3.05) is 13.1 Å². The summed E-state index contributed by atoms with van der Waals surface area (Å²) in [5.74, 6) is 0.197. The van der Waals surface area contributed by atoms with Crippen LogP contribution in [0.4, 0.5) is 9.18 Å². The lowest BCUT2D eigenvalue weighted by Gasteiger charge is -2.38. The predicted octanol–water partition coefficient (Wildman–Crippen LogP) is 4.13. The zero-order valence-corrected chi connectivity index (χ0v) is 18.3. The number of carbonyl (C=O) groups excluding carboxylic acids is 2. The Morgan fingerprint density at radius 1 is 1.07 bits per heavy atom. The standard InChI is InChI=1S/C22H33FN2O4/c1-21(2,3)18(24-20(27)29-22(4,5)6)19(26)25-13-11-17(12-14-25)28-16-9-7-15(23)8-10-16/h7-10,17-18H,11-14H2,1-6H3,(H,24,27)/t18-/m1/s1. The van der Waals surface area contributed by atoms with Gasteiger partial charge in [-0.2, -0.15) is 0 Å². The van der Waals surface area contributed by atoms with Crippen molar-refractivity contribution < 1.29 is 23.5 Å². The third-order valence-electron chi connectivity index (χ3n) is 4.64. The molecular formula is C22H33FN2O4. The van der Waals surface area contributed by atoms with E-state index in [1.807, 2.05) is 20.8 Å². The van der Waals surface area contributed by atoms with Crippen LogP contribution in [0.25, 0.3) is 0 Å². The summed E-state index contributed by atoms with van der Waals surface area (Å²) in [5.41, 5.74) is -1.10. The fourth-order valence-corrected chi connectivity index (χ4v) is 3.16. The number of alkyl carbamates (subject to hydrolysis) is 1. The molecule has 1 saturated heterocycles. The molecule has 29 heavy (non-hydrogen) atoms. The fourth-order valence-electron chi connectivity index (χ4n) is 3.16. The number of nitrogens with zero attached hydrogens (tertiary/aromatic N) is 1. The van der Waals surface area contributed by atoms with Crippen LogP contribution < -0.4 is 10.1 Å². The Balaban J connectivity index is 1.95. The molecule has 1 heterocycles.